The molecule has 1 heterocycles. The van der Waals surface area contributed by atoms with Crippen LogP contribution in [0.2, 0.25) is 0 Å². The predicted octanol–water partition coefficient (Wildman–Crippen LogP) is -1.89. The molecule has 0 spiro atoms. The van der Waals surface area contributed by atoms with Gasteiger partial charge in [0.1, 0.15) is 0 Å². The second-order valence-electron chi connectivity index (χ2n) is 7.71. The van der Waals surface area contributed by atoms with Crippen molar-refractivity contribution in [3.05, 3.63) is 0 Å². The third-order valence-corrected chi connectivity index (χ3v) is 5.19. The van der Waals surface area contributed by atoms with Crippen LogP contribution in [-0.2, 0) is 28.6 Å². The Morgan fingerprint density at radius 1 is 0.645 bits per heavy atom. The molecule has 1 N–H and O–H groups in total. The molecule has 31 heavy (non-hydrogen) atoms. The van der Waals surface area contributed by atoms with Gasteiger partial charge in [-0.05, 0) is 6.92 Å². The molecule has 0 saturated carbocycles. The number of hydrogen-bond donors (Lipinski definition) is 1. The van der Waals surface area contributed by atoms with Crippen LogP contribution in [0.5, 0.6) is 0 Å². The summed E-state index contributed by atoms with van der Waals surface area (Å²) in [4.78, 5) is 43.6. The van der Waals surface area contributed by atoms with Crippen molar-refractivity contribution >= 4 is 17.9 Å². The van der Waals surface area contributed by atoms with Crippen LogP contribution >= 0.6 is 0 Å². The normalized spacial score (nSPS) is 19.6. The second-order valence-corrected chi connectivity index (χ2v) is 7.71. The highest BCUT2D eigenvalue weighted by atomic mass is 16.5. The third-order valence-electron chi connectivity index (χ3n) is 5.19. The minimum atomic E-state index is -0.494. The first-order valence-electron chi connectivity index (χ1n) is 10.5. The van der Waals surface area contributed by atoms with Gasteiger partial charge in [-0.25, -0.2) is 0 Å². The van der Waals surface area contributed by atoms with E-state index < -0.39 is 6.10 Å². The summed E-state index contributed by atoms with van der Waals surface area (Å²) in [6.07, 6.45) is -0.494. The Kier molecular flexibility index (Phi) is 13.3. The second kappa shape index (κ2) is 15.1. The first-order valence-corrected chi connectivity index (χ1v) is 10.5. The lowest BCUT2D eigenvalue weighted by Gasteiger charge is -2.33. The van der Waals surface area contributed by atoms with E-state index in [9.17, 15) is 19.5 Å². The number of β-amino-alcohol motifs (C(OH)–C–C–N with tert-alkyl or cyclic N) is 1. The van der Waals surface area contributed by atoms with Crippen LogP contribution in [-0.4, -0.2) is 149 Å². The predicted molar refractivity (Wildman–Crippen MR) is 113 cm³/mol. The van der Waals surface area contributed by atoms with Crippen molar-refractivity contribution in [1.82, 2.24) is 19.6 Å². The monoisotopic (exact) mass is 446 g/mol. The Balaban J connectivity index is 2.95. The number of methoxy groups -OCH3 is 3. The molecular formula is C20H38N4O7. The fourth-order valence-electron chi connectivity index (χ4n) is 3.35. The van der Waals surface area contributed by atoms with Gasteiger partial charge in [-0.3, -0.25) is 34.0 Å². The van der Waals surface area contributed by atoms with Gasteiger partial charge in [0.2, 0.25) is 0 Å². The van der Waals surface area contributed by atoms with Gasteiger partial charge in [0.25, 0.3) is 0 Å². The first-order chi connectivity index (χ1) is 14.8. The lowest BCUT2D eigenvalue weighted by Crippen LogP contribution is -2.49. The number of aliphatic hydroxyl groups is 1. The smallest absolute Gasteiger partial charge is 0.319 e. The Labute approximate surface area is 184 Å². The Morgan fingerprint density at radius 3 is 1.13 bits per heavy atom. The van der Waals surface area contributed by atoms with Crippen LogP contribution < -0.4 is 0 Å². The van der Waals surface area contributed by atoms with E-state index in [0.29, 0.717) is 58.9 Å². The summed E-state index contributed by atoms with van der Waals surface area (Å²) in [5.74, 6) is -0.981. The summed E-state index contributed by atoms with van der Waals surface area (Å²) < 4.78 is 14.4. The van der Waals surface area contributed by atoms with E-state index in [0.717, 1.165) is 0 Å². The van der Waals surface area contributed by atoms with E-state index in [4.69, 9.17) is 14.2 Å². The summed E-state index contributed by atoms with van der Waals surface area (Å²) in [6.45, 7) is 7.37. The Morgan fingerprint density at radius 2 is 0.903 bits per heavy atom. The number of carbonyl (C=O) groups is 3. The zero-order valence-electron chi connectivity index (χ0n) is 19.2. The van der Waals surface area contributed by atoms with Crippen molar-refractivity contribution < 1.29 is 33.7 Å². The zero-order valence-corrected chi connectivity index (χ0v) is 19.2. The Bertz CT molecular complexity index is 528. The van der Waals surface area contributed by atoms with Gasteiger partial charge in [-0.15, -0.1) is 0 Å². The molecule has 0 aromatic carbocycles. The van der Waals surface area contributed by atoms with Crippen LogP contribution in [0.25, 0.3) is 0 Å². The maximum Gasteiger partial charge on any atom is 0.319 e. The largest absolute Gasteiger partial charge is 0.468 e. The maximum absolute atomic E-state index is 11.8. The van der Waals surface area contributed by atoms with E-state index in [1.54, 1.807) is 6.92 Å². The highest BCUT2D eigenvalue weighted by molar-refractivity contribution is 5.72. The fraction of sp³-hybridized carbons (Fsp3) is 0.850. The van der Waals surface area contributed by atoms with Gasteiger partial charge in [-0.1, -0.05) is 0 Å². The summed E-state index contributed by atoms with van der Waals surface area (Å²) in [5, 5.41) is 9.87. The first kappa shape index (κ1) is 27.2. The van der Waals surface area contributed by atoms with Crippen LogP contribution in [0.15, 0.2) is 0 Å². The van der Waals surface area contributed by atoms with Crippen LogP contribution in [0, 0.1) is 0 Å². The molecule has 0 aliphatic carbocycles. The number of hydrogen-bond acceptors (Lipinski definition) is 11. The molecule has 1 fully saturated rings. The van der Waals surface area contributed by atoms with Crippen LogP contribution in [0.4, 0.5) is 0 Å². The van der Waals surface area contributed by atoms with Crippen molar-refractivity contribution in [3.63, 3.8) is 0 Å². The summed E-state index contributed by atoms with van der Waals surface area (Å²) in [6, 6.07) is 0. The molecule has 1 unspecified atom stereocenters. The fourth-order valence-corrected chi connectivity index (χ4v) is 3.35. The van der Waals surface area contributed by atoms with Gasteiger partial charge >= 0.3 is 17.9 Å². The number of esters is 3. The van der Waals surface area contributed by atoms with Crippen molar-refractivity contribution in [2.24, 2.45) is 0 Å². The quantitative estimate of drug-likeness (QED) is 0.333. The minimum absolute atomic E-state index is 0.128. The van der Waals surface area contributed by atoms with E-state index >= 15 is 0 Å². The minimum Gasteiger partial charge on any atom is -0.468 e. The Hall–Kier alpha value is -1.79. The summed E-state index contributed by atoms with van der Waals surface area (Å²) in [5.41, 5.74) is 0. The number of ether oxygens (including phenoxy) is 3. The van der Waals surface area contributed by atoms with Gasteiger partial charge in [-0.2, -0.15) is 0 Å². The highest BCUT2D eigenvalue weighted by Gasteiger charge is 2.21. The van der Waals surface area contributed by atoms with E-state index in [1.807, 2.05) is 14.7 Å². The average Bonchev–Trinajstić information content (AvgIpc) is 2.74. The summed E-state index contributed by atoms with van der Waals surface area (Å²) in [7, 11) is 4.07. The molecule has 11 nitrogen and oxygen atoms in total. The van der Waals surface area contributed by atoms with Gasteiger partial charge in [0.05, 0.1) is 47.1 Å². The topological polar surface area (TPSA) is 112 Å². The highest BCUT2D eigenvalue weighted by Crippen LogP contribution is 2.03. The number of rotatable bonds is 8. The van der Waals surface area contributed by atoms with E-state index in [1.165, 1.54) is 21.3 Å². The van der Waals surface area contributed by atoms with Gasteiger partial charge in [0, 0.05) is 58.9 Å². The molecule has 0 radical (unpaired) electrons. The molecule has 0 aromatic heterocycles. The molecule has 1 atom stereocenters. The van der Waals surface area contributed by atoms with Crippen molar-refractivity contribution in [1.29, 1.82) is 0 Å². The molecule has 0 bridgehead atoms. The third kappa shape index (κ3) is 12.0. The lowest BCUT2D eigenvalue weighted by atomic mass is 10.3. The molecule has 1 saturated heterocycles. The molecule has 1 aliphatic heterocycles. The van der Waals surface area contributed by atoms with Gasteiger partial charge in [0.15, 0.2) is 0 Å². The van der Waals surface area contributed by atoms with Crippen molar-refractivity contribution in [2.75, 3.05) is 99.9 Å². The SMILES string of the molecule is COC(=O)CN1CCN(CC(=O)OC)CCN(CC(C)O)CCN(CC(=O)OC)CC1. The molecular weight excluding hydrogens is 408 g/mol. The van der Waals surface area contributed by atoms with Gasteiger partial charge < -0.3 is 19.3 Å². The maximum atomic E-state index is 11.8. The average molecular weight is 447 g/mol. The molecule has 11 heteroatoms. The van der Waals surface area contributed by atoms with E-state index in [-0.39, 0.29) is 37.5 Å². The molecule has 1 aliphatic rings. The van der Waals surface area contributed by atoms with Crippen molar-refractivity contribution in [3.8, 4) is 0 Å². The number of carbonyl (C=O) groups excluding carboxylic acids is 3. The van der Waals surface area contributed by atoms with E-state index in [2.05, 4.69) is 4.90 Å². The standard InChI is InChI=1S/C20H38N4O7/c1-17(25)13-21-5-7-22(14-18(26)29-2)9-11-24(16-20(28)31-4)12-10-23(8-6-21)15-19(27)30-3/h17,25H,5-16H2,1-4H3. The number of aliphatic hydroxyl groups excluding tert-OH is 1. The van der Waals surface area contributed by atoms with Crippen molar-refractivity contribution in [2.45, 2.75) is 13.0 Å². The molecule has 1 rings (SSSR count). The lowest BCUT2D eigenvalue weighted by molar-refractivity contribution is -0.144. The van der Waals surface area contributed by atoms with Crippen LogP contribution in [0.3, 0.4) is 0 Å². The van der Waals surface area contributed by atoms with Crippen LogP contribution in [0.1, 0.15) is 6.92 Å². The zero-order chi connectivity index (χ0) is 23.2. The molecule has 180 valence electrons. The number of nitrogens with zero attached hydrogens (tertiary/aromatic N) is 4. The summed E-state index contributed by atoms with van der Waals surface area (Å²) >= 11 is 0. The molecule has 0 amide bonds. The molecule has 0 aromatic rings.